The number of fused-ring (bicyclic) bond motifs is 2. The van der Waals surface area contributed by atoms with Gasteiger partial charge in [-0.05, 0) is 39.7 Å². The quantitative estimate of drug-likeness (QED) is 0.806. The highest BCUT2D eigenvalue weighted by atomic mass is 32.2. The maximum absolute atomic E-state index is 11.4. The zero-order chi connectivity index (χ0) is 12.6. The summed E-state index contributed by atoms with van der Waals surface area (Å²) in [4.78, 5) is 2.47. The Hall–Kier alpha value is -0.130. The van der Waals surface area contributed by atoms with E-state index >= 15 is 0 Å². The van der Waals surface area contributed by atoms with Gasteiger partial charge in [0.15, 0.2) is 0 Å². The molecule has 0 aromatic carbocycles. The van der Waals surface area contributed by atoms with Crippen LogP contribution in [0.1, 0.15) is 32.6 Å². The average molecular weight is 260 g/mol. The highest BCUT2D eigenvalue weighted by Gasteiger charge is 2.42. The van der Waals surface area contributed by atoms with E-state index in [1.165, 1.54) is 31.9 Å². The number of hydrogen-bond acceptors (Lipinski definition) is 4. The molecule has 4 nitrogen and oxygen atoms in total. The molecule has 0 radical (unpaired) electrons. The maximum atomic E-state index is 11.4. The molecule has 0 spiro atoms. The Morgan fingerprint density at radius 1 is 1.29 bits per heavy atom. The summed E-state index contributed by atoms with van der Waals surface area (Å²) in [5.41, 5.74) is 0. The first-order chi connectivity index (χ1) is 7.90. The highest BCUT2D eigenvalue weighted by molar-refractivity contribution is 7.90. The van der Waals surface area contributed by atoms with Crippen molar-refractivity contribution in [3.8, 4) is 0 Å². The van der Waals surface area contributed by atoms with Crippen LogP contribution in [0.3, 0.4) is 0 Å². The van der Waals surface area contributed by atoms with Gasteiger partial charge in [-0.25, -0.2) is 8.42 Å². The summed E-state index contributed by atoms with van der Waals surface area (Å²) in [6.07, 6.45) is 6.14. The number of hydrogen-bond donors (Lipinski definition) is 1. The molecular formula is C12H24N2O2S. The van der Waals surface area contributed by atoms with E-state index < -0.39 is 9.84 Å². The first-order valence-corrected chi connectivity index (χ1v) is 8.59. The first-order valence-electron chi connectivity index (χ1n) is 6.53. The average Bonchev–Trinajstić information content (AvgIpc) is 2.47. The Bertz CT molecular complexity index is 355. The molecule has 2 rings (SSSR count). The van der Waals surface area contributed by atoms with E-state index in [0.29, 0.717) is 23.9 Å². The SMILES string of the molecule is CNC1CC2CCC(C1)N2C(C)CS(C)(=O)=O. The Balaban J connectivity index is 2.03. The summed E-state index contributed by atoms with van der Waals surface area (Å²) in [6.45, 7) is 2.06. The van der Waals surface area contributed by atoms with Gasteiger partial charge in [0.2, 0.25) is 0 Å². The summed E-state index contributed by atoms with van der Waals surface area (Å²) >= 11 is 0. The number of sulfone groups is 1. The Morgan fingerprint density at radius 2 is 1.82 bits per heavy atom. The molecule has 1 N–H and O–H groups in total. The number of nitrogens with zero attached hydrogens (tertiary/aromatic N) is 1. The van der Waals surface area contributed by atoms with Crippen molar-refractivity contribution in [3.63, 3.8) is 0 Å². The van der Waals surface area contributed by atoms with Crippen molar-refractivity contribution in [2.24, 2.45) is 0 Å². The monoisotopic (exact) mass is 260 g/mol. The summed E-state index contributed by atoms with van der Waals surface area (Å²) in [6, 6.07) is 1.96. The normalized spacial score (nSPS) is 36.1. The predicted molar refractivity (Wildman–Crippen MR) is 69.9 cm³/mol. The van der Waals surface area contributed by atoms with E-state index in [0.717, 1.165) is 0 Å². The third-order valence-electron chi connectivity index (χ3n) is 4.25. The van der Waals surface area contributed by atoms with Crippen LogP contribution in [0.5, 0.6) is 0 Å². The van der Waals surface area contributed by atoms with Gasteiger partial charge in [0.25, 0.3) is 0 Å². The van der Waals surface area contributed by atoms with E-state index in [4.69, 9.17) is 0 Å². The van der Waals surface area contributed by atoms with Crippen LogP contribution >= 0.6 is 0 Å². The second kappa shape index (κ2) is 4.86. The molecule has 17 heavy (non-hydrogen) atoms. The van der Waals surface area contributed by atoms with Gasteiger partial charge in [-0.1, -0.05) is 0 Å². The lowest BCUT2D eigenvalue weighted by Gasteiger charge is -2.42. The molecule has 0 aromatic heterocycles. The van der Waals surface area contributed by atoms with E-state index in [-0.39, 0.29) is 6.04 Å². The molecule has 2 saturated heterocycles. The van der Waals surface area contributed by atoms with Crippen LogP contribution < -0.4 is 5.32 Å². The fourth-order valence-corrected chi connectivity index (χ4v) is 4.74. The molecule has 0 aromatic rings. The van der Waals surface area contributed by atoms with Gasteiger partial charge in [-0.3, -0.25) is 4.90 Å². The van der Waals surface area contributed by atoms with Crippen molar-refractivity contribution >= 4 is 9.84 Å². The molecule has 0 amide bonds. The van der Waals surface area contributed by atoms with Crippen LogP contribution in [0.4, 0.5) is 0 Å². The molecule has 2 aliphatic heterocycles. The fourth-order valence-electron chi connectivity index (χ4n) is 3.69. The Kier molecular flexibility index (Phi) is 3.80. The van der Waals surface area contributed by atoms with E-state index in [1.807, 2.05) is 7.05 Å². The number of piperidine rings is 1. The molecule has 2 aliphatic rings. The fraction of sp³-hybridized carbons (Fsp3) is 1.00. The molecule has 0 aliphatic carbocycles. The van der Waals surface area contributed by atoms with Gasteiger partial charge >= 0.3 is 0 Å². The van der Waals surface area contributed by atoms with Gasteiger partial charge in [-0.2, -0.15) is 0 Å². The van der Waals surface area contributed by atoms with Crippen LogP contribution in [0.25, 0.3) is 0 Å². The molecule has 0 saturated carbocycles. The molecule has 5 heteroatoms. The van der Waals surface area contributed by atoms with Crippen molar-refractivity contribution in [2.75, 3.05) is 19.1 Å². The lowest BCUT2D eigenvalue weighted by Crippen LogP contribution is -2.53. The minimum absolute atomic E-state index is 0.167. The van der Waals surface area contributed by atoms with Crippen molar-refractivity contribution in [3.05, 3.63) is 0 Å². The molecule has 3 unspecified atom stereocenters. The second-order valence-corrected chi connectivity index (χ2v) is 7.92. The maximum Gasteiger partial charge on any atom is 0.148 e. The van der Waals surface area contributed by atoms with Crippen LogP contribution in [0.2, 0.25) is 0 Å². The van der Waals surface area contributed by atoms with Crippen molar-refractivity contribution in [2.45, 2.75) is 56.8 Å². The summed E-state index contributed by atoms with van der Waals surface area (Å²) in [7, 11) is -0.841. The van der Waals surface area contributed by atoms with Gasteiger partial charge in [-0.15, -0.1) is 0 Å². The standard InChI is InChI=1S/C12H24N2O2S/c1-9(8-17(3,15)16)14-11-4-5-12(14)7-10(6-11)13-2/h9-13H,4-8H2,1-3H3. The second-order valence-electron chi connectivity index (χ2n) is 5.73. The smallest absolute Gasteiger partial charge is 0.148 e. The van der Waals surface area contributed by atoms with Gasteiger partial charge in [0.1, 0.15) is 9.84 Å². The summed E-state index contributed by atoms with van der Waals surface area (Å²) in [5, 5.41) is 3.37. The highest BCUT2D eigenvalue weighted by Crippen LogP contribution is 2.37. The van der Waals surface area contributed by atoms with Crippen molar-refractivity contribution in [1.29, 1.82) is 0 Å². The van der Waals surface area contributed by atoms with Crippen LogP contribution in [0, 0.1) is 0 Å². The molecular weight excluding hydrogens is 236 g/mol. The third-order valence-corrected chi connectivity index (χ3v) is 5.34. The zero-order valence-corrected chi connectivity index (χ0v) is 11.8. The number of rotatable bonds is 4. The van der Waals surface area contributed by atoms with Crippen LogP contribution in [-0.4, -0.2) is 56.5 Å². The van der Waals surface area contributed by atoms with E-state index in [2.05, 4.69) is 17.1 Å². The lowest BCUT2D eigenvalue weighted by molar-refractivity contribution is 0.0882. The number of nitrogens with one attached hydrogen (secondary N) is 1. The molecule has 2 heterocycles. The molecule has 2 fully saturated rings. The first kappa shape index (κ1) is 13.3. The topological polar surface area (TPSA) is 49.4 Å². The van der Waals surface area contributed by atoms with E-state index in [9.17, 15) is 8.42 Å². The lowest BCUT2D eigenvalue weighted by atomic mass is 9.96. The zero-order valence-electron chi connectivity index (χ0n) is 11.0. The third kappa shape index (κ3) is 3.01. The summed E-state index contributed by atoms with van der Waals surface area (Å²) in [5.74, 6) is 0.296. The van der Waals surface area contributed by atoms with Crippen LogP contribution in [0.15, 0.2) is 0 Å². The summed E-state index contributed by atoms with van der Waals surface area (Å²) < 4.78 is 22.8. The van der Waals surface area contributed by atoms with Crippen LogP contribution in [-0.2, 0) is 9.84 Å². The van der Waals surface area contributed by atoms with E-state index in [1.54, 1.807) is 0 Å². The minimum atomic E-state index is -2.87. The molecule has 2 bridgehead atoms. The minimum Gasteiger partial charge on any atom is -0.317 e. The van der Waals surface area contributed by atoms with Gasteiger partial charge in [0, 0.05) is 30.4 Å². The van der Waals surface area contributed by atoms with Gasteiger partial charge < -0.3 is 5.32 Å². The Labute approximate surface area is 105 Å². The van der Waals surface area contributed by atoms with Gasteiger partial charge in [0.05, 0.1) is 5.75 Å². The predicted octanol–water partition coefficient (Wildman–Crippen LogP) is 0.634. The van der Waals surface area contributed by atoms with Crippen molar-refractivity contribution in [1.82, 2.24) is 10.2 Å². The molecule has 100 valence electrons. The Morgan fingerprint density at radius 3 is 2.24 bits per heavy atom. The van der Waals surface area contributed by atoms with Crippen molar-refractivity contribution < 1.29 is 8.42 Å². The largest absolute Gasteiger partial charge is 0.317 e. The molecule has 3 atom stereocenters.